The molecule has 0 aliphatic heterocycles. The van der Waals surface area contributed by atoms with Gasteiger partial charge in [-0.1, -0.05) is 15.9 Å². The molecule has 0 amide bonds. The Morgan fingerprint density at radius 1 is 1.32 bits per heavy atom. The molecule has 0 aliphatic rings. The normalized spacial score (nSPS) is 12.3. The van der Waals surface area contributed by atoms with Gasteiger partial charge in [-0.25, -0.2) is 0 Å². The average molecular weight is 405 g/mol. The first-order valence-corrected chi connectivity index (χ1v) is 8.33. The van der Waals surface area contributed by atoms with E-state index in [0.717, 1.165) is 25.9 Å². The largest absolute Gasteiger partial charge is 0.495 e. The van der Waals surface area contributed by atoms with Crippen LogP contribution in [-0.4, -0.2) is 7.11 Å². The third-order valence-electron chi connectivity index (χ3n) is 2.88. The van der Waals surface area contributed by atoms with E-state index in [2.05, 4.69) is 68.5 Å². The van der Waals surface area contributed by atoms with Gasteiger partial charge in [-0.05, 0) is 58.9 Å². The second kappa shape index (κ2) is 6.29. The van der Waals surface area contributed by atoms with E-state index in [1.54, 1.807) is 18.4 Å². The van der Waals surface area contributed by atoms with Gasteiger partial charge in [-0.15, -0.1) is 11.3 Å². The molecule has 0 spiro atoms. The van der Waals surface area contributed by atoms with Crippen LogP contribution >= 0.6 is 43.2 Å². The van der Waals surface area contributed by atoms with Crippen LogP contribution < -0.4 is 10.1 Å². The second-order valence-electron chi connectivity index (χ2n) is 4.30. The number of hydrogen-bond donors (Lipinski definition) is 1. The summed E-state index contributed by atoms with van der Waals surface area (Å²) < 4.78 is 7.62. The lowest BCUT2D eigenvalue weighted by atomic mass is 10.1. The molecular formula is C14H15Br2NOS. The van der Waals surface area contributed by atoms with Crippen LogP contribution in [0.3, 0.4) is 0 Å². The number of nitrogens with one attached hydrogen (secondary N) is 1. The first-order chi connectivity index (χ1) is 9.02. The lowest BCUT2D eigenvalue weighted by molar-refractivity contribution is 0.415. The highest BCUT2D eigenvalue weighted by molar-refractivity contribution is 9.10. The Kier molecular flexibility index (Phi) is 4.92. The Morgan fingerprint density at radius 2 is 2.05 bits per heavy atom. The predicted molar refractivity (Wildman–Crippen MR) is 89.5 cm³/mol. The number of anilines is 1. The van der Waals surface area contributed by atoms with Crippen molar-refractivity contribution in [2.75, 3.05) is 12.4 Å². The van der Waals surface area contributed by atoms with Crippen molar-refractivity contribution < 1.29 is 4.74 Å². The van der Waals surface area contributed by atoms with Gasteiger partial charge >= 0.3 is 0 Å². The van der Waals surface area contributed by atoms with Crippen molar-refractivity contribution in [3.05, 3.63) is 43.0 Å². The Hall–Kier alpha value is -0.520. The molecule has 1 N–H and O–H groups in total. The van der Waals surface area contributed by atoms with E-state index in [4.69, 9.17) is 4.74 Å². The van der Waals surface area contributed by atoms with Gasteiger partial charge in [0.05, 0.1) is 18.8 Å². The summed E-state index contributed by atoms with van der Waals surface area (Å²) in [5.41, 5.74) is 2.20. The molecule has 0 fully saturated rings. The van der Waals surface area contributed by atoms with Gasteiger partial charge in [-0.3, -0.25) is 0 Å². The quantitative estimate of drug-likeness (QED) is 0.698. The third-order valence-corrected chi connectivity index (χ3v) is 5.39. The summed E-state index contributed by atoms with van der Waals surface area (Å²) in [5.74, 6) is 0.853. The molecule has 0 radical (unpaired) electrons. The molecule has 102 valence electrons. The number of ether oxygens (including phenoxy) is 1. The molecule has 1 aromatic carbocycles. The minimum atomic E-state index is 0.225. The Bertz CT molecular complexity index is 583. The van der Waals surface area contributed by atoms with Crippen LogP contribution in [0.5, 0.6) is 5.75 Å². The van der Waals surface area contributed by atoms with E-state index in [0.29, 0.717) is 0 Å². The topological polar surface area (TPSA) is 21.3 Å². The van der Waals surface area contributed by atoms with E-state index in [1.807, 2.05) is 6.07 Å². The molecule has 19 heavy (non-hydrogen) atoms. The van der Waals surface area contributed by atoms with Gasteiger partial charge in [0.25, 0.3) is 0 Å². The van der Waals surface area contributed by atoms with Crippen LogP contribution in [0, 0.1) is 6.92 Å². The van der Waals surface area contributed by atoms with Crippen molar-refractivity contribution in [3.63, 3.8) is 0 Å². The van der Waals surface area contributed by atoms with Crippen LogP contribution in [0.1, 0.15) is 23.4 Å². The maximum Gasteiger partial charge on any atom is 0.143 e. The summed E-state index contributed by atoms with van der Waals surface area (Å²) in [6, 6.07) is 6.36. The molecule has 0 bridgehead atoms. The molecule has 1 aromatic heterocycles. The van der Waals surface area contributed by atoms with Crippen LogP contribution in [0.4, 0.5) is 5.69 Å². The van der Waals surface area contributed by atoms with Gasteiger partial charge in [0, 0.05) is 13.8 Å². The Balaban J connectivity index is 2.31. The number of rotatable bonds is 4. The van der Waals surface area contributed by atoms with Gasteiger partial charge < -0.3 is 10.1 Å². The Morgan fingerprint density at radius 3 is 2.63 bits per heavy atom. The van der Waals surface area contributed by atoms with Crippen LogP contribution in [0.15, 0.2) is 32.5 Å². The van der Waals surface area contributed by atoms with Crippen molar-refractivity contribution >= 4 is 48.9 Å². The monoisotopic (exact) mass is 403 g/mol. The molecule has 0 aliphatic carbocycles. The number of hydrogen-bond acceptors (Lipinski definition) is 3. The zero-order valence-corrected chi connectivity index (χ0v) is 14.9. The molecule has 1 heterocycles. The summed E-state index contributed by atoms with van der Waals surface area (Å²) in [5, 5.41) is 5.62. The molecule has 2 rings (SSSR count). The summed E-state index contributed by atoms with van der Waals surface area (Å²) >= 11 is 8.81. The molecule has 1 atom stereocenters. The Labute approximate surface area is 134 Å². The van der Waals surface area contributed by atoms with Crippen molar-refractivity contribution in [3.8, 4) is 5.75 Å². The van der Waals surface area contributed by atoms with E-state index < -0.39 is 0 Å². The number of halogens is 2. The minimum Gasteiger partial charge on any atom is -0.495 e. The standard InChI is InChI=1S/C14H15Br2NOS/c1-8-6-10(15)7-12(18-3)13(8)17-9(2)14-11(16)4-5-19-14/h4-7,9,17H,1-3H3. The maximum atomic E-state index is 5.45. The van der Waals surface area contributed by atoms with E-state index in [1.165, 1.54) is 4.88 Å². The molecule has 0 saturated carbocycles. The molecule has 0 saturated heterocycles. The number of thiophene rings is 1. The third kappa shape index (κ3) is 3.33. The van der Waals surface area contributed by atoms with Crippen molar-refractivity contribution in [2.45, 2.75) is 19.9 Å². The SMILES string of the molecule is COc1cc(Br)cc(C)c1NC(C)c1sccc1Br. The molecule has 2 aromatic rings. The lowest BCUT2D eigenvalue weighted by Gasteiger charge is -2.19. The summed E-state index contributed by atoms with van der Waals surface area (Å²) in [4.78, 5) is 1.28. The molecule has 5 heteroatoms. The summed E-state index contributed by atoms with van der Waals surface area (Å²) in [7, 11) is 1.69. The summed E-state index contributed by atoms with van der Waals surface area (Å²) in [6.45, 7) is 4.23. The van der Waals surface area contributed by atoms with Gasteiger partial charge in [0.1, 0.15) is 5.75 Å². The number of aryl methyl sites for hydroxylation is 1. The van der Waals surface area contributed by atoms with Gasteiger partial charge in [-0.2, -0.15) is 0 Å². The summed E-state index contributed by atoms with van der Waals surface area (Å²) in [6.07, 6.45) is 0. The first-order valence-electron chi connectivity index (χ1n) is 5.86. The maximum absolute atomic E-state index is 5.45. The fourth-order valence-corrected chi connectivity index (χ4v) is 4.23. The fraction of sp³-hybridized carbons (Fsp3) is 0.286. The first kappa shape index (κ1) is 14.9. The highest BCUT2D eigenvalue weighted by atomic mass is 79.9. The van der Waals surface area contributed by atoms with Gasteiger partial charge in [0.2, 0.25) is 0 Å². The minimum absolute atomic E-state index is 0.225. The average Bonchev–Trinajstić information content (AvgIpc) is 2.78. The lowest BCUT2D eigenvalue weighted by Crippen LogP contribution is -2.08. The zero-order valence-electron chi connectivity index (χ0n) is 11.0. The van der Waals surface area contributed by atoms with E-state index in [9.17, 15) is 0 Å². The van der Waals surface area contributed by atoms with Crippen molar-refractivity contribution in [2.24, 2.45) is 0 Å². The van der Waals surface area contributed by atoms with Crippen LogP contribution in [-0.2, 0) is 0 Å². The second-order valence-corrected chi connectivity index (χ2v) is 7.02. The predicted octanol–water partition coefficient (Wildman–Crippen LogP) is 5.76. The van der Waals surface area contributed by atoms with E-state index >= 15 is 0 Å². The fourth-order valence-electron chi connectivity index (χ4n) is 1.95. The van der Waals surface area contributed by atoms with E-state index in [-0.39, 0.29) is 6.04 Å². The smallest absolute Gasteiger partial charge is 0.143 e. The van der Waals surface area contributed by atoms with Crippen LogP contribution in [0.2, 0.25) is 0 Å². The number of methoxy groups -OCH3 is 1. The number of benzene rings is 1. The van der Waals surface area contributed by atoms with Crippen molar-refractivity contribution in [1.29, 1.82) is 0 Å². The van der Waals surface area contributed by atoms with Crippen molar-refractivity contribution in [1.82, 2.24) is 0 Å². The van der Waals surface area contributed by atoms with Gasteiger partial charge in [0.15, 0.2) is 0 Å². The van der Waals surface area contributed by atoms with Crippen LogP contribution in [0.25, 0.3) is 0 Å². The highest BCUT2D eigenvalue weighted by Gasteiger charge is 2.15. The molecule has 2 nitrogen and oxygen atoms in total. The highest BCUT2D eigenvalue weighted by Crippen LogP contribution is 2.37. The molecular weight excluding hydrogens is 390 g/mol. The molecule has 1 unspecified atom stereocenters. The zero-order chi connectivity index (χ0) is 14.0.